The Bertz CT molecular complexity index is 597. The first-order valence-electron chi connectivity index (χ1n) is 9.66. The number of carbonyl (C=O) groups is 1. The highest BCUT2D eigenvalue weighted by molar-refractivity contribution is 7.98. The molecule has 1 fully saturated rings. The molecule has 2 N–H and O–H groups in total. The van der Waals surface area contributed by atoms with Crippen LogP contribution in [-0.4, -0.2) is 29.0 Å². The van der Waals surface area contributed by atoms with Gasteiger partial charge in [-0.3, -0.25) is 9.52 Å². The number of benzene rings is 1. The topological polar surface area (TPSA) is 58.6 Å². The van der Waals surface area contributed by atoms with E-state index in [1.807, 2.05) is 11.9 Å². The molecule has 2 atom stereocenters. The molecule has 1 aliphatic heterocycles. The van der Waals surface area contributed by atoms with E-state index in [9.17, 15) is 4.79 Å². The van der Waals surface area contributed by atoms with Crippen LogP contribution in [0.25, 0.3) is 0 Å². The molecule has 0 bridgehead atoms. The molecule has 26 heavy (non-hydrogen) atoms. The molecule has 146 valence electrons. The molecule has 1 aliphatic carbocycles. The molecule has 3 rings (SSSR count). The van der Waals surface area contributed by atoms with E-state index in [1.165, 1.54) is 36.0 Å². The summed E-state index contributed by atoms with van der Waals surface area (Å²) in [5.41, 5.74) is 4.42. The highest BCUT2D eigenvalue weighted by atomic mass is 32.2. The van der Waals surface area contributed by atoms with E-state index in [0.717, 1.165) is 19.4 Å². The minimum Gasteiger partial charge on any atom is -0.481 e. The molecule has 0 aromatic heterocycles. The molecule has 1 aromatic carbocycles. The lowest BCUT2D eigenvalue weighted by atomic mass is 10.0. The number of rotatable bonds is 5. The Labute approximate surface area is 162 Å². The van der Waals surface area contributed by atoms with Gasteiger partial charge < -0.3 is 9.84 Å². The van der Waals surface area contributed by atoms with Crippen LogP contribution in [0.1, 0.15) is 69.2 Å². The monoisotopic (exact) mass is 379 g/mol. The Kier molecular flexibility index (Phi) is 7.99. The van der Waals surface area contributed by atoms with Crippen LogP contribution in [0.5, 0.6) is 0 Å². The van der Waals surface area contributed by atoms with Crippen LogP contribution in [0.15, 0.2) is 18.2 Å². The van der Waals surface area contributed by atoms with Gasteiger partial charge in [-0.1, -0.05) is 42.6 Å². The summed E-state index contributed by atoms with van der Waals surface area (Å²) in [7, 11) is 0. The van der Waals surface area contributed by atoms with Crippen molar-refractivity contribution in [3.63, 3.8) is 0 Å². The van der Waals surface area contributed by atoms with E-state index in [0.29, 0.717) is 17.4 Å². The average Bonchev–Trinajstić information content (AvgIpc) is 3.03. The van der Waals surface area contributed by atoms with Gasteiger partial charge in [0.2, 0.25) is 0 Å². The second-order valence-corrected chi connectivity index (χ2v) is 9.42. The number of aryl methyl sites for hydroxylation is 2. The Morgan fingerprint density at radius 1 is 1.38 bits per heavy atom. The average molecular weight is 380 g/mol. The summed E-state index contributed by atoms with van der Waals surface area (Å²) in [4.78, 5) is 10.3. The summed E-state index contributed by atoms with van der Waals surface area (Å²) in [6, 6.07) is 7.41. The second-order valence-electron chi connectivity index (χ2n) is 7.88. The van der Waals surface area contributed by atoms with Crippen molar-refractivity contribution in [3.8, 4) is 0 Å². The number of aliphatic carboxylic acids is 1. The predicted octanol–water partition coefficient (Wildman–Crippen LogP) is 4.91. The zero-order valence-electron chi connectivity index (χ0n) is 16.5. The van der Waals surface area contributed by atoms with Crippen molar-refractivity contribution >= 4 is 17.9 Å². The van der Waals surface area contributed by atoms with Gasteiger partial charge in [-0.2, -0.15) is 0 Å². The van der Waals surface area contributed by atoms with Crippen LogP contribution in [0.3, 0.4) is 0 Å². The van der Waals surface area contributed by atoms with Gasteiger partial charge in [0.25, 0.3) is 0 Å². The molecule has 5 heteroatoms. The summed E-state index contributed by atoms with van der Waals surface area (Å²) >= 11 is 1.90. The number of fused-ring (bicyclic) bond motifs is 1. The number of hydrogen-bond donors (Lipinski definition) is 2. The van der Waals surface area contributed by atoms with Crippen molar-refractivity contribution in [2.24, 2.45) is 5.92 Å². The molecule has 2 aliphatic rings. The van der Waals surface area contributed by atoms with Crippen LogP contribution < -0.4 is 4.72 Å². The summed E-state index contributed by atoms with van der Waals surface area (Å²) in [6.45, 7) is 10.2. The Morgan fingerprint density at radius 2 is 2.15 bits per heavy atom. The maximum atomic E-state index is 10.3. The first-order valence-corrected chi connectivity index (χ1v) is 10.5. The van der Waals surface area contributed by atoms with E-state index in [-0.39, 0.29) is 5.92 Å². The summed E-state index contributed by atoms with van der Waals surface area (Å²) in [5, 5.41) is 8.46. The number of nitrogens with one attached hydrogen (secondary N) is 1. The van der Waals surface area contributed by atoms with Crippen LogP contribution in [-0.2, 0) is 16.0 Å². The minimum atomic E-state index is -0.727. The lowest BCUT2D eigenvalue weighted by Crippen LogP contribution is -2.24. The predicted molar refractivity (Wildman–Crippen MR) is 109 cm³/mol. The maximum Gasteiger partial charge on any atom is 0.308 e. The zero-order valence-corrected chi connectivity index (χ0v) is 17.3. The minimum absolute atomic E-state index is 0.251. The van der Waals surface area contributed by atoms with Crippen LogP contribution in [0.4, 0.5) is 0 Å². The standard InChI is InChI=1S/C15H23NS.C6H10O3/c1-5-15(3,4)17-16-14-9-8-12-7-6-11(2)10-13(12)14;7-6(8)5-2-1-3-9-4-5/h6-7,10,14,16H,5,8-9H2,1-4H3;5H,1-4H2,(H,7,8). The molecule has 4 nitrogen and oxygen atoms in total. The van der Waals surface area contributed by atoms with E-state index >= 15 is 0 Å². The summed E-state index contributed by atoms with van der Waals surface area (Å²) < 4.78 is 8.96. The van der Waals surface area contributed by atoms with E-state index < -0.39 is 5.97 Å². The van der Waals surface area contributed by atoms with Gasteiger partial charge in [0.1, 0.15) is 0 Å². The molecule has 2 unspecified atom stereocenters. The molecule has 0 saturated carbocycles. The third-order valence-corrected chi connectivity index (χ3v) is 6.46. The zero-order chi connectivity index (χ0) is 19.2. The third kappa shape index (κ3) is 6.29. The van der Waals surface area contributed by atoms with E-state index in [1.54, 1.807) is 0 Å². The highest BCUT2D eigenvalue weighted by Crippen LogP contribution is 2.35. The van der Waals surface area contributed by atoms with Gasteiger partial charge in [0.15, 0.2) is 0 Å². The van der Waals surface area contributed by atoms with Crippen molar-refractivity contribution in [3.05, 3.63) is 34.9 Å². The van der Waals surface area contributed by atoms with Gasteiger partial charge in [-0.25, -0.2) is 0 Å². The SMILES string of the molecule is CCC(C)(C)SNC1CCc2ccc(C)cc21.O=C(O)C1CCCOC1. The van der Waals surface area contributed by atoms with Gasteiger partial charge in [-0.15, -0.1) is 0 Å². The fourth-order valence-electron chi connectivity index (χ4n) is 3.08. The molecule has 1 aromatic rings. The fraction of sp³-hybridized carbons (Fsp3) is 0.667. The van der Waals surface area contributed by atoms with Crippen molar-refractivity contribution in [1.82, 2.24) is 4.72 Å². The Hall–Kier alpha value is -1.04. The Balaban J connectivity index is 0.000000228. The molecule has 1 saturated heterocycles. The molecular formula is C21H33NO3S. The molecular weight excluding hydrogens is 346 g/mol. The fourth-order valence-corrected chi connectivity index (χ4v) is 3.93. The number of carboxylic acid groups (broad SMARTS) is 1. The van der Waals surface area contributed by atoms with Gasteiger partial charge in [0.05, 0.1) is 12.5 Å². The molecule has 0 amide bonds. The molecule has 0 spiro atoms. The van der Waals surface area contributed by atoms with Crippen LogP contribution in [0.2, 0.25) is 0 Å². The second kappa shape index (κ2) is 9.77. The van der Waals surface area contributed by atoms with Crippen molar-refractivity contribution < 1.29 is 14.6 Å². The first kappa shape index (κ1) is 21.3. The molecule has 1 heterocycles. The molecule has 0 radical (unpaired) electrons. The van der Waals surface area contributed by atoms with Crippen molar-refractivity contribution in [2.45, 2.75) is 70.6 Å². The quantitative estimate of drug-likeness (QED) is 0.712. The van der Waals surface area contributed by atoms with E-state index in [2.05, 4.69) is 50.6 Å². The van der Waals surface area contributed by atoms with E-state index in [4.69, 9.17) is 9.84 Å². The number of carboxylic acids is 1. The highest BCUT2D eigenvalue weighted by Gasteiger charge is 2.25. The van der Waals surface area contributed by atoms with Gasteiger partial charge in [-0.05, 0) is 64.0 Å². The van der Waals surface area contributed by atoms with Gasteiger partial charge >= 0.3 is 5.97 Å². The van der Waals surface area contributed by atoms with Gasteiger partial charge in [0, 0.05) is 17.4 Å². The third-order valence-electron chi connectivity index (χ3n) is 5.22. The summed E-state index contributed by atoms with van der Waals surface area (Å²) in [6.07, 6.45) is 5.32. The number of hydrogen-bond acceptors (Lipinski definition) is 4. The number of ether oxygens (including phenoxy) is 1. The largest absolute Gasteiger partial charge is 0.481 e. The first-order chi connectivity index (χ1) is 12.3. The lowest BCUT2D eigenvalue weighted by Gasteiger charge is -2.25. The van der Waals surface area contributed by atoms with Crippen molar-refractivity contribution in [2.75, 3.05) is 13.2 Å². The van der Waals surface area contributed by atoms with Crippen molar-refractivity contribution in [1.29, 1.82) is 0 Å². The normalized spacial score (nSPS) is 22.3. The summed E-state index contributed by atoms with van der Waals surface area (Å²) in [5.74, 6) is -0.978. The smallest absolute Gasteiger partial charge is 0.308 e. The maximum absolute atomic E-state index is 10.3. The van der Waals surface area contributed by atoms with Crippen LogP contribution >= 0.6 is 11.9 Å². The Morgan fingerprint density at radius 3 is 2.73 bits per heavy atom. The lowest BCUT2D eigenvalue weighted by molar-refractivity contribution is -0.145. The van der Waals surface area contributed by atoms with Crippen LogP contribution in [0, 0.1) is 12.8 Å².